The fraction of sp³-hybridized carbons (Fsp3) is 0.160. The van der Waals surface area contributed by atoms with Gasteiger partial charge in [-0.25, -0.2) is 9.48 Å². The van der Waals surface area contributed by atoms with E-state index in [1.165, 1.54) is 6.08 Å². The van der Waals surface area contributed by atoms with Gasteiger partial charge in [-0.3, -0.25) is 4.79 Å². The molecule has 4 aromatic rings. The SMILES string of the molecule is CN(C)CCNC(=O)C=Cc1cn(-c2ccccc2)nc1-c1cc2ccccc2oc1=O. The monoisotopic (exact) mass is 428 g/mol. The van der Waals surface area contributed by atoms with Gasteiger partial charge in [0.2, 0.25) is 5.91 Å². The zero-order valence-corrected chi connectivity index (χ0v) is 18.0. The number of likely N-dealkylation sites (N-methyl/N-ethyl adjacent to an activating group) is 1. The number of hydrogen-bond acceptors (Lipinski definition) is 5. The van der Waals surface area contributed by atoms with Gasteiger partial charge in [0.05, 0.1) is 11.3 Å². The molecule has 0 fully saturated rings. The van der Waals surface area contributed by atoms with Gasteiger partial charge in [-0.05, 0) is 44.4 Å². The Labute approximate surface area is 185 Å². The predicted octanol–water partition coefficient (Wildman–Crippen LogP) is 3.34. The van der Waals surface area contributed by atoms with Crippen LogP contribution in [0, 0.1) is 0 Å². The van der Waals surface area contributed by atoms with E-state index in [0.717, 1.165) is 17.6 Å². The number of nitrogens with one attached hydrogen (secondary N) is 1. The third-order valence-electron chi connectivity index (χ3n) is 4.93. The summed E-state index contributed by atoms with van der Waals surface area (Å²) in [5.41, 5.74) is 2.30. The van der Waals surface area contributed by atoms with Gasteiger partial charge in [-0.2, -0.15) is 5.10 Å². The molecule has 7 heteroatoms. The maximum absolute atomic E-state index is 12.8. The van der Waals surface area contributed by atoms with Gasteiger partial charge in [-0.15, -0.1) is 0 Å². The van der Waals surface area contributed by atoms with E-state index < -0.39 is 5.63 Å². The number of carbonyl (C=O) groups is 1. The van der Waals surface area contributed by atoms with Crippen molar-refractivity contribution in [1.29, 1.82) is 0 Å². The van der Waals surface area contributed by atoms with Crippen molar-refractivity contribution in [3.63, 3.8) is 0 Å². The van der Waals surface area contributed by atoms with Crippen LogP contribution in [0.3, 0.4) is 0 Å². The highest BCUT2D eigenvalue weighted by atomic mass is 16.4. The Hall–Kier alpha value is -3.97. The van der Waals surface area contributed by atoms with Crippen molar-refractivity contribution in [2.24, 2.45) is 0 Å². The molecule has 4 rings (SSSR count). The van der Waals surface area contributed by atoms with Crippen LogP contribution in [0.2, 0.25) is 0 Å². The lowest BCUT2D eigenvalue weighted by molar-refractivity contribution is -0.116. The van der Waals surface area contributed by atoms with E-state index in [2.05, 4.69) is 10.4 Å². The molecule has 0 aliphatic carbocycles. The van der Waals surface area contributed by atoms with Crippen molar-refractivity contribution in [2.45, 2.75) is 0 Å². The van der Waals surface area contributed by atoms with Crippen LogP contribution >= 0.6 is 0 Å². The molecule has 1 N–H and O–H groups in total. The number of para-hydroxylation sites is 2. The predicted molar refractivity (Wildman–Crippen MR) is 126 cm³/mol. The Kier molecular flexibility index (Phi) is 6.28. The first-order valence-corrected chi connectivity index (χ1v) is 10.3. The van der Waals surface area contributed by atoms with Gasteiger partial charge >= 0.3 is 5.63 Å². The van der Waals surface area contributed by atoms with Crippen LogP contribution in [0.25, 0.3) is 34.0 Å². The van der Waals surface area contributed by atoms with Gasteiger partial charge in [-0.1, -0.05) is 36.4 Å². The fourth-order valence-electron chi connectivity index (χ4n) is 3.29. The maximum Gasteiger partial charge on any atom is 0.345 e. The smallest absolute Gasteiger partial charge is 0.345 e. The minimum Gasteiger partial charge on any atom is -0.422 e. The largest absolute Gasteiger partial charge is 0.422 e. The molecule has 0 saturated heterocycles. The molecular weight excluding hydrogens is 404 g/mol. The van der Waals surface area contributed by atoms with Gasteiger partial charge < -0.3 is 14.6 Å². The number of rotatable bonds is 7. The Morgan fingerprint density at radius 1 is 1.12 bits per heavy atom. The van der Waals surface area contributed by atoms with Crippen LogP contribution in [0.5, 0.6) is 0 Å². The highest BCUT2D eigenvalue weighted by Gasteiger charge is 2.16. The third kappa shape index (κ3) is 4.84. The summed E-state index contributed by atoms with van der Waals surface area (Å²) in [4.78, 5) is 27.0. The van der Waals surface area contributed by atoms with Crippen molar-refractivity contribution in [2.75, 3.05) is 27.2 Å². The molecule has 0 spiro atoms. The topological polar surface area (TPSA) is 80.4 Å². The van der Waals surface area contributed by atoms with Gasteiger partial charge in [0.15, 0.2) is 0 Å². The second kappa shape index (κ2) is 9.45. The van der Waals surface area contributed by atoms with E-state index >= 15 is 0 Å². The molecule has 0 unspecified atom stereocenters. The summed E-state index contributed by atoms with van der Waals surface area (Å²) in [6.07, 6.45) is 4.92. The van der Waals surface area contributed by atoms with E-state index in [1.807, 2.05) is 67.5 Å². The second-order valence-corrected chi connectivity index (χ2v) is 7.63. The third-order valence-corrected chi connectivity index (χ3v) is 4.93. The zero-order chi connectivity index (χ0) is 22.5. The first kappa shape index (κ1) is 21.3. The Morgan fingerprint density at radius 2 is 1.88 bits per heavy atom. The first-order valence-electron chi connectivity index (χ1n) is 10.3. The van der Waals surface area contributed by atoms with E-state index in [1.54, 1.807) is 29.1 Å². The van der Waals surface area contributed by atoms with Gasteiger partial charge in [0.25, 0.3) is 0 Å². The molecule has 0 aliphatic heterocycles. The number of amides is 1. The number of nitrogens with zero attached hydrogens (tertiary/aromatic N) is 3. The summed E-state index contributed by atoms with van der Waals surface area (Å²) in [7, 11) is 3.89. The lowest BCUT2D eigenvalue weighted by atomic mass is 10.1. The molecular formula is C25H24N4O3. The van der Waals surface area contributed by atoms with Crippen LogP contribution in [0.15, 0.2) is 82.1 Å². The van der Waals surface area contributed by atoms with Crippen LogP contribution in [-0.2, 0) is 4.79 Å². The molecule has 7 nitrogen and oxygen atoms in total. The van der Waals surface area contributed by atoms with E-state index in [4.69, 9.17) is 4.42 Å². The second-order valence-electron chi connectivity index (χ2n) is 7.63. The molecule has 32 heavy (non-hydrogen) atoms. The van der Waals surface area contributed by atoms with Crippen LogP contribution < -0.4 is 10.9 Å². The molecule has 2 heterocycles. The number of benzene rings is 2. The number of hydrogen-bond donors (Lipinski definition) is 1. The highest BCUT2D eigenvalue weighted by molar-refractivity contribution is 5.93. The van der Waals surface area contributed by atoms with Crippen molar-refractivity contribution in [1.82, 2.24) is 20.0 Å². The van der Waals surface area contributed by atoms with Crippen molar-refractivity contribution in [3.8, 4) is 16.9 Å². The standard InChI is InChI=1S/C25H24N4O3/c1-28(2)15-14-26-23(30)13-12-19-17-29(20-9-4-3-5-10-20)27-24(19)21-16-18-8-6-7-11-22(18)32-25(21)31/h3-13,16-17H,14-15H2,1-2H3,(H,26,30). The molecule has 0 radical (unpaired) electrons. The quantitative estimate of drug-likeness (QED) is 0.361. The average Bonchev–Trinajstić information content (AvgIpc) is 3.21. The van der Waals surface area contributed by atoms with Crippen molar-refractivity contribution < 1.29 is 9.21 Å². The maximum atomic E-state index is 12.8. The Bertz CT molecular complexity index is 1320. The molecule has 1 amide bonds. The van der Waals surface area contributed by atoms with E-state index in [-0.39, 0.29) is 5.91 Å². The van der Waals surface area contributed by atoms with Crippen molar-refractivity contribution in [3.05, 3.63) is 88.9 Å². The van der Waals surface area contributed by atoms with Crippen LogP contribution in [0.1, 0.15) is 5.56 Å². The summed E-state index contributed by atoms with van der Waals surface area (Å²) in [6, 6.07) is 18.7. The Morgan fingerprint density at radius 3 is 2.66 bits per heavy atom. The molecule has 2 aromatic heterocycles. The van der Waals surface area contributed by atoms with Crippen LogP contribution in [-0.4, -0.2) is 47.8 Å². The number of fused-ring (bicyclic) bond motifs is 1. The lowest BCUT2D eigenvalue weighted by Gasteiger charge is -2.08. The molecule has 0 aliphatic rings. The average molecular weight is 428 g/mol. The summed E-state index contributed by atoms with van der Waals surface area (Å²) in [5, 5.41) is 8.29. The summed E-state index contributed by atoms with van der Waals surface area (Å²) in [5.74, 6) is -0.212. The molecule has 2 aromatic carbocycles. The number of carbonyl (C=O) groups excluding carboxylic acids is 1. The summed E-state index contributed by atoms with van der Waals surface area (Å²) >= 11 is 0. The van der Waals surface area contributed by atoms with Crippen molar-refractivity contribution >= 4 is 23.0 Å². The molecule has 0 bridgehead atoms. The van der Waals surface area contributed by atoms with E-state index in [0.29, 0.717) is 28.9 Å². The molecule has 162 valence electrons. The minimum atomic E-state index is -0.480. The first-order chi connectivity index (χ1) is 15.5. The summed E-state index contributed by atoms with van der Waals surface area (Å²) in [6.45, 7) is 1.29. The van der Waals surface area contributed by atoms with Crippen LogP contribution in [0.4, 0.5) is 0 Å². The minimum absolute atomic E-state index is 0.212. The number of aromatic nitrogens is 2. The van der Waals surface area contributed by atoms with E-state index in [9.17, 15) is 9.59 Å². The van der Waals surface area contributed by atoms with Gasteiger partial charge in [0.1, 0.15) is 11.3 Å². The fourth-order valence-corrected chi connectivity index (χ4v) is 3.29. The van der Waals surface area contributed by atoms with Gasteiger partial charge in [0, 0.05) is 36.3 Å². The lowest BCUT2D eigenvalue weighted by Crippen LogP contribution is -2.30. The normalized spacial score (nSPS) is 11.5. The molecule has 0 saturated carbocycles. The molecule has 0 atom stereocenters. The highest BCUT2D eigenvalue weighted by Crippen LogP contribution is 2.25. The zero-order valence-electron chi connectivity index (χ0n) is 18.0. The summed E-state index contributed by atoms with van der Waals surface area (Å²) < 4.78 is 7.19. The Balaban J connectivity index is 1.73.